The maximum absolute atomic E-state index is 6.02. The number of hydrogen-bond acceptors (Lipinski definition) is 3. The monoisotopic (exact) mass is 231 g/mol. The molecule has 0 atom stereocenters. The Kier molecular flexibility index (Phi) is 2.45. The third kappa shape index (κ3) is 1.74. The Morgan fingerprint density at radius 3 is 2.64 bits per heavy atom. The van der Waals surface area contributed by atoms with E-state index >= 15 is 0 Å². The number of hydrogen-bond donors (Lipinski definition) is 1. The van der Waals surface area contributed by atoms with Crippen molar-refractivity contribution in [2.24, 2.45) is 0 Å². The Bertz CT molecular complexity index is 363. The molecule has 1 aromatic rings. The van der Waals surface area contributed by atoms with Crippen molar-refractivity contribution < 1.29 is 0 Å². The van der Waals surface area contributed by atoms with Gasteiger partial charge in [0, 0.05) is 13.1 Å². The molecule has 1 aromatic heterocycles. The van der Waals surface area contributed by atoms with Gasteiger partial charge in [0.25, 0.3) is 0 Å². The Morgan fingerprint density at radius 2 is 2.07 bits per heavy atom. The maximum atomic E-state index is 6.02. The number of nitrogen functional groups attached to an aromatic ring is 1. The number of anilines is 2. The summed E-state index contributed by atoms with van der Waals surface area (Å²) in [5.41, 5.74) is 5.62. The lowest BCUT2D eigenvalue weighted by Gasteiger charge is -2.19. The molecule has 1 aliphatic carbocycles. The van der Waals surface area contributed by atoms with Crippen LogP contribution in [0.1, 0.15) is 12.8 Å². The molecule has 5 heteroatoms. The molecule has 0 amide bonds. The molecule has 1 fully saturated rings. The number of nitrogens with two attached hydrogens (primary N) is 1. The molecule has 0 saturated heterocycles. The molecule has 0 spiro atoms. The van der Waals surface area contributed by atoms with E-state index in [9.17, 15) is 0 Å². The zero-order valence-corrected chi connectivity index (χ0v) is 9.31. The quantitative estimate of drug-likeness (QED) is 0.851. The highest BCUT2D eigenvalue weighted by Gasteiger charge is 2.28. The highest BCUT2D eigenvalue weighted by Crippen LogP contribution is 2.35. The third-order valence-electron chi connectivity index (χ3n) is 2.37. The number of pyridine rings is 1. The largest absolute Gasteiger partial charge is 0.382 e. The fourth-order valence-corrected chi connectivity index (χ4v) is 1.84. The molecule has 2 N–H and O–H groups in total. The Morgan fingerprint density at radius 1 is 1.43 bits per heavy atom. The van der Waals surface area contributed by atoms with Gasteiger partial charge in [0.2, 0.25) is 0 Å². The summed E-state index contributed by atoms with van der Waals surface area (Å²) in [5.74, 6) is 1.05. The molecule has 14 heavy (non-hydrogen) atoms. The molecule has 1 heterocycles. The maximum Gasteiger partial charge on any atom is 0.149 e. The summed E-state index contributed by atoms with van der Waals surface area (Å²) in [6.07, 6.45) is 2.38. The lowest BCUT2D eigenvalue weighted by atomic mass is 10.4. The van der Waals surface area contributed by atoms with Crippen LogP contribution in [0.4, 0.5) is 11.6 Å². The van der Waals surface area contributed by atoms with E-state index in [0.717, 1.165) is 5.82 Å². The van der Waals surface area contributed by atoms with E-state index in [-0.39, 0.29) is 0 Å². The van der Waals surface area contributed by atoms with Crippen LogP contribution >= 0.6 is 23.2 Å². The van der Waals surface area contributed by atoms with Crippen molar-refractivity contribution in [3.05, 3.63) is 16.1 Å². The van der Waals surface area contributed by atoms with Crippen LogP contribution < -0.4 is 10.6 Å². The minimum Gasteiger partial charge on any atom is -0.382 e. The van der Waals surface area contributed by atoms with Crippen LogP contribution in [0.5, 0.6) is 0 Å². The Hall–Kier alpha value is -0.670. The average Bonchev–Trinajstić information content (AvgIpc) is 2.93. The molecule has 0 aliphatic heterocycles. The molecule has 2 rings (SSSR count). The van der Waals surface area contributed by atoms with Crippen molar-refractivity contribution in [1.82, 2.24) is 4.98 Å². The lowest BCUT2D eigenvalue weighted by Crippen LogP contribution is -2.21. The van der Waals surface area contributed by atoms with E-state index in [0.29, 0.717) is 21.9 Å². The first-order chi connectivity index (χ1) is 6.59. The zero-order valence-electron chi connectivity index (χ0n) is 7.80. The molecule has 3 nitrogen and oxygen atoms in total. The van der Waals surface area contributed by atoms with E-state index in [1.807, 2.05) is 7.05 Å². The molecule has 0 unspecified atom stereocenters. The van der Waals surface area contributed by atoms with Crippen LogP contribution in [0.2, 0.25) is 10.0 Å². The van der Waals surface area contributed by atoms with Crippen LogP contribution in [0.3, 0.4) is 0 Å². The summed E-state index contributed by atoms with van der Waals surface area (Å²) < 4.78 is 0. The first-order valence-corrected chi connectivity index (χ1v) is 5.19. The van der Waals surface area contributed by atoms with Crippen molar-refractivity contribution in [3.63, 3.8) is 0 Å². The molecule has 0 aromatic carbocycles. The standard InChI is InChI=1S/C9H11Cl2N3/c1-14(5-2-3-5)9-7(11)4-6(10)8(12)13-9/h4-5H,2-3H2,1H3,(H2,12,13). The topological polar surface area (TPSA) is 42.2 Å². The van der Waals surface area contributed by atoms with E-state index in [2.05, 4.69) is 9.88 Å². The molecule has 1 saturated carbocycles. The number of nitrogens with zero attached hydrogens (tertiary/aromatic N) is 2. The molecule has 1 aliphatic rings. The van der Waals surface area contributed by atoms with Gasteiger partial charge in [-0.25, -0.2) is 4.98 Å². The molecule has 0 radical (unpaired) electrons. The summed E-state index contributed by atoms with van der Waals surface area (Å²) in [5, 5.41) is 0.960. The van der Waals surface area contributed by atoms with E-state index in [1.165, 1.54) is 12.8 Å². The van der Waals surface area contributed by atoms with Gasteiger partial charge in [-0.1, -0.05) is 23.2 Å². The zero-order chi connectivity index (χ0) is 10.3. The van der Waals surface area contributed by atoms with Crippen molar-refractivity contribution in [1.29, 1.82) is 0 Å². The fraction of sp³-hybridized carbons (Fsp3) is 0.444. The van der Waals surface area contributed by atoms with Gasteiger partial charge in [-0.15, -0.1) is 0 Å². The van der Waals surface area contributed by atoms with Crippen LogP contribution in [0, 0.1) is 0 Å². The predicted molar refractivity (Wildman–Crippen MR) is 60.1 cm³/mol. The lowest BCUT2D eigenvalue weighted by molar-refractivity contribution is 0.894. The SMILES string of the molecule is CN(c1nc(N)c(Cl)cc1Cl)C1CC1. The fourth-order valence-electron chi connectivity index (χ4n) is 1.35. The summed E-state index contributed by atoms with van der Waals surface area (Å²) in [6, 6.07) is 2.19. The van der Waals surface area contributed by atoms with Gasteiger partial charge < -0.3 is 10.6 Å². The van der Waals surface area contributed by atoms with E-state index in [4.69, 9.17) is 28.9 Å². The van der Waals surface area contributed by atoms with Crippen molar-refractivity contribution in [3.8, 4) is 0 Å². The molecule has 0 bridgehead atoms. The second-order valence-electron chi connectivity index (χ2n) is 3.50. The Balaban J connectivity index is 2.36. The van der Waals surface area contributed by atoms with Gasteiger partial charge in [-0.3, -0.25) is 0 Å². The van der Waals surface area contributed by atoms with Crippen molar-refractivity contribution in [2.45, 2.75) is 18.9 Å². The summed E-state index contributed by atoms with van der Waals surface area (Å²) >= 11 is 11.8. The second kappa shape index (κ2) is 3.48. The van der Waals surface area contributed by atoms with Crippen LogP contribution in [0.15, 0.2) is 6.07 Å². The van der Waals surface area contributed by atoms with Crippen molar-refractivity contribution in [2.75, 3.05) is 17.7 Å². The van der Waals surface area contributed by atoms with Gasteiger partial charge in [0.15, 0.2) is 0 Å². The van der Waals surface area contributed by atoms with Gasteiger partial charge in [-0.2, -0.15) is 0 Å². The minimum atomic E-state index is 0.332. The third-order valence-corrected chi connectivity index (χ3v) is 2.95. The first kappa shape index (κ1) is 9.87. The van der Waals surface area contributed by atoms with Gasteiger partial charge >= 0.3 is 0 Å². The van der Waals surface area contributed by atoms with E-state index in [1.54, 1.807) is 6.07 Å². The van der Waals surface area contributed by atoms with Gasteiger partial charge in [-0.05, 0) is 18.9 Å². The summed E-state index contributed by atoms with van der Waals surface area (Å²) in [7, 11) is 1.97. The van der Waals surface area contributed by atoms with Crippen LogP contribution in [-0.4, -0.2) is 18.1 Å². The Labute approximate surface area is 92.8 Å². The highest BCUT2D eigenvalue weighted by molar-refractivity contribution is 6.37. The van der Waals surface area contributed by atoms with Gasteiger partial charge in [0.1, 0.15) is 11.6 Å². The molecular formula is C9H11Cl2N3. The van der Waals surface area contributed by atoms with E-state index < -0.39 is 0 Å². The smallest absolute Gasteiger partial charge is 0.149 e. The molecular weight excluding hydrogens is 221 g/mol. The first-order valence-electron chi connectivity index (χ1n) is 4.44. The number of aromatic nitrogens is 1. The average molecular weight is 232 g/mol. The van der Waals surface area contributed by atoms with Gasteiger partial charge in [0.05, 0.1) is 10.0 Å². The summed E-state index contributed by atoms with van der Waals surface area (Å²) in [4.78, 5) is 6.22. The van der Waals surface area contributed by atoms with Crippen LogP contribution in [0.25, 0.3) is 0 Å². The molecule has 76 valence electrons. The van der Waals surface area contributed by atoms with Crippen LogP contribution in [-0.2, 0) is 0 Å². The van der Waals surface area contributed by atoms with Crippen molar-refractivity contribution >= 4 is 34.8 Å². The normalized spacial score (nSPS) is 15.6. The number of halogens is 2. The predicted octanol–water partition coefficient (Wildman–Crippen LogP) is 2.57. The minimum absolute atomic E-state index is 0.332. The summed E-state index contributed by atoms with van der Waals surface area (Å²) in [6.45, 7) is 0. The second-order valence-corrected chi connectivity index (χ2v) is 4.32. The highest BCUT2D eigenvalue weighted by atomic mass is 35.5. The number of rotatable bonds is 2.